The number of ether oxygens (including phenoxy) is 2. The molecular weight excluding hydrogens is 412 g/mol. The van der Waals surface area contributed by atoms with Gasteiger partial charge in [-0.3, -0.25) is 9.69 Å². The van der Waals surface area contributed by atoms with Crippen molar-refractivity contribution < 1.29 is 29.0 Å². The number of nitrogens with zero attached hydrogens (tertiary/aromatic N) is 1. The maximum Gasteiger partial charge on any atom is 0.341 e. The molecule has 0 bridgehead atoms. The molecule has 156 valence electrons. The number of aryl methyl sites for hydroxylation is 1. The average Bonchev–Trinajstić information content (AvgIpc) is 2.95. The Balaban J connectivity index is 1.83. The van der Waals surface area contributed by atoms with Crippen molar-refractivity contribution in [2.75, 3.05) is 13.7 Å². The van der Waals surface area contributed by atoms with Crippen molar-refractivity contribution in [1.82, 2.24) is 10.2 Å². The Morgan fingerprint density at radius 2 is 1.93 bits per heavy atom. The number of nitrogens with one attached hydrogen (secondary N) is 1. The smallest absolute Gasteiger partial charge is 0.341 e. The molecule has 1 saturated heterocycles. The molecule has 0 saturated carbocycles. The minimum absolute atomic E-state index is 0.0755. The van der Waals surface area contributed by atoms with Crippen LogP contribution in [-0.4, -0.2) is 41.6 Å². The second-order valence-electron chi connectivity index (χ2n) is 6.58. The molecule has 0 atom stereocenters. The summed E-state index contributed by atoms with van der Waals surface area (Å²) >= 11 is 6.19. The van der Waals surface area contributed by atoms with E-state index >= 15 is 0 Å². The normalized spacial score (nSPS) is 14.8. The van der Waals surface area contributed by atoms with E-state index in [1.54, 1.807) is 0 Å². The van der Waals surface area contributed by atoms with Gasteiger partial charge < -0.3 is 19.9 Å². The van der Waals surface area contributed by atoms with Crippen LogP contribution in [0.25, 0.3) is 6.08 Å². The topological polar surface area (TPSA) is 105 Å². The lowest BCUT2D eigenvalue weighted by Gasteiger charge is -2.12. The highest BCUT2D eigenvalue weighted by Gasteiger charge is 2.33. The number of carbonyl (C=O) groups excluding carboxylic acids is 2. The molecule has 2 aromatic carbocycles. The Bertz CT molecular complexity index is 1030. The lowest BCUT2D eigenvalue weighted by Crippen LogP contribution is -2.30. The van der Waals surface area contributed by atoms with Crippen LogP contribution in [0.1, 0.15) is 16.7 Å². The van der Waals surface area contributed by atoms with E-state index in [0.717, 1.165) is 16.0 Å². The molecule has 2 aromatic rings. The highest BCUT2D eigenvalue weighted by molar-refractivity contribution is 6.32. The number of carbonyl (C=O) groups is 3. The second kappa shape index (κ2) is 8.87. The van der Waals surface area contributed by atoms with Crippen LogP contribution in [0, 0.1) is 6.92 Å². The number of benzene rings is 2. The number of rotatable bonds is 7. The number of amides is 3. The van der Waals surface area contributed by atoms with Crippen LogP contribution in [0.3, 0.4) is 0 Å². The Labute approximate surface area is 177 Å². The molecule has 8 nitrogen and oxygen atoms in total. The minimum Gasteiger partial charge on any atom is -0.493 e. The fourth-order valence-electron chi connectivity index (χ4n) is 2.86. The number of hydrogen-bond donors (Lipinski definition) is 2. The van der Waals surface area contributed by atoms with Crippen LogP contribution in [-0.2, 0) is 16.1 Å². The van der Waals surface area contributed by atoms with Gasteiger partial charge in [0.15, 0.2) is 18.1 Å². The quantitative estimate of drug-likeness (QED) is 0.516. The molecule has 2 N–H and O–H groups in total. The third-order valence-corrected chi connectivity index (χ3v) is 4.61. The molecule has 1 aliphatic rings. The number of imide groups is 1. The van der Waals surface area contributed by atoms with Gasteiger partial charge in [-0.2, -0.15) is 0 Å². The Hall–Kier alpha value is -3.52. The number of methoxy groups -OCH3 is 1. The van der Waals surface area contributed by atoms with Gasteiger partial charge in [-0.1, -0.05) is 41.4 Å². The fraction of sp³-hybridized carbons (Fsp3) is 0.190. The molecule has 0 unspecified atom stereocenters. The summed E-state index contributed by atoms with van der Waals surface area (Å²) in [5, 5.41) is 11.4. The SMILES string of the molecule is COc1cc(C=C2NC(=O)N(Cc3ccc(C)cc3)C2=O)cc(Cl)c1OCC(=O)O. The third kappa shape index (κ3) is 4.72. The van der Waals surface area contributed by atoms with E-state index < -0.39 is 24.5 Å². The van der Waals surface area contributed by atoms with Gasteiger partial charge in [0.05, 0.1) is 18.7 Å². The van der Waals surface area contributed by atoms with Gasteiger partial charge in [0.1, 0.15) is 5.70 Å². The van der Waals surface area contributed by atoms with Gasteiger partial charge in [-0.05, 0) is 36.3 Å². The largest absolute Gasteiger partial charge is 0.493 e. The predicted octanol–water partition coefficient (Wildman–Crippen LogP) is 3.21. The van der Waals surface area contributed by atoms with Crippen molar-refractivity contribution in [2.45, 2.75) is 13.5 Å². The number of halogens is 1. The molecule has 3 amide bonds. The van der Waals surface area contributed by atoms with E-state index in [1.807, 2.05) is 31.2 Å². The molecule has 0 radical (unpaired) electrons. The molecule has 1 fully saturated rings. The minimum atomic E-state index is -1.16. The summed E-state index contributed by atoms with van der Waals surface area (Å²) in [5.41, 5.74) is 2.47. The van der Waals surface area contributed by atoms with E-state index in [1.165, 1.54) is 25.3 Å². The molecule has 3 rings (SSSR count). The summed E-state index contributed by atoms with van der Waals surface area (Å²) in [6, 6.07) is 10.0. The molecule has 30 heavy (non-hydrogen) atoms. The van der Waals surface area contributed by atoms with Gasteiger partial charge in [-0.25, -0.2) is 9.59 Å². The first-order valence-electron chi connectivity index (χ1n) is 8.90. The first-order valence-corrected chi connectivity index (χ1v) is 9.28. The first-order chi connectivity index (χ1) is 14.3. The summed E-state index contributed by atoms with van der Waals surface area (Å²) < 4.78 is 10.4. The van der Waals surface area contributed by atoms with Crippen LogP contribution in [0.2, 0.25) is 5.02 Å². The average molecular weight is 431 g/mol. The Morgan fingerprint density at radius 3 is 2.57 bits per heavy atom. The maximum atomic E-state index is 12.7. The van der Waals surface area contributed by atoms with Crippen molar-refractivity contribution in [2.24, 2.45) is 0 Å². The van der Waals surface area contributed by atoms with Gasteiger partial charge in [0.25, 0.3) is 5.91 Å². The van der Waals surface area contributed by atoms with Crippen LogP contribution in [0.5, 0.6) is 11.5 Å². The summed E-state index contributed by atoms with van der Waals surface area (Å²) in [5.74, 6) is -1.36. The van der Waals surface area contributed by atoms with Crippen molar-refractivity contribution in [1.29, 1.82) is 0 Å². The zero-order valence-corrected chi connectivity index (χ0v) is 17.0. The van der Waals surface area contributed by atoms with Crippen molar-refractivity contribution in [3.8, 4) is 11.5 Å². The van der Waals surface area contributed by atoms with E-state index in [9.17, 15) is 14.4 Å². The monoisotopic (exact) mass is 430 g/mol. The first kappa shape index (κ1) is 21.2. The Morgan fingerprint density at radius 1 is 1.23 bits per heavy atom. The van der Waals surface area contributed by atoms with Crippen molar-refractivity contribution in [3.63, 3.8) is 0 Å². The maximum absolute atomic E-state index is 12.7. The zero-order chi connectivity index (χ0) is 21.8. The van der Waals surface area contributed by atoms with Gasteiger partial charge >= 0.3 is 12.0 Å². The summed E-state index contributed by atoms with van der Waals surface area (Å²) in [6.07, 6.45) is 1.46. The molecule has 9 heteroatoms. The second-order valence-corrected chi connectivity index (χ2v) is 6.99. The van der Waals surface area contributed by atoms with E-state index in [-0.39, 0.29) is 28.8 Å². The number of hydrogen-bond acceptors (Lipinski definition) is 5. The van der Waals surface area contributed by atoms with E-state index in [4.69, 9.17) is 26.2 Å². The molecule has 0 spiro atoms. The lowest BCUT2D eigenvalue weighted by atomic mass is 10.1. The van der Waals surface area contributed by atoms with Crippen molar-refractivity contribution >= 4 is 35.6 Å². The molecule has 0 aliphatic carbocycles. The van der Waals surface area contributed by atoms with Crippen LogP contribution in [0.4, 0.5) is 4.79 Å². The number of carboxylic acid groups (broad SMARTS) is 1. The molecular formula is C21H19ClN2O6. The highest BCUT2D eigenvalue weighted by Crippen LogP contribution is 2.37. The lowest BCUT2D eigenvalue weighted by molar-refractivity contribution is -0.139. The summed E-state index contributed by atoms with van der Waals surface area (Å²) in [6.45, 7) is 1.52. The molecule has 1 heterocycles. The van der Waals surface area contributed by atoms with Crippen LogP contribution < -0.4 is 14.8 Å². The van der Waals surface area contributed by atoms with E-state index in [0.29, 0.717) is 5.56 Å². The third-order valence-electron chi connectivity index (χ3n) is 4.33. The summed E-state index contributed by atoms with van der Waals surface area (Å²) in [7, 11) is 1.38. The highest BCUT2D eigenvalue weighted by atomic mass is 35.5. The zero-order valence-electron chi connectivity index (χ0n) is 16.3. The number of carboxylic acids is 1. The molecule has 0 aromatic heterocycles. The van der Waals surface area contributed by atoms with E-state index in [2.05, 4.69) is 5.32 Å². The summed E-state index contributed by atoms with van der Waals surface area (Å²) in [4.78, 5) is 36.8. The van der Waals surface area contributed by atoms with Crippen LogP contribution in [0.15, 0.2) is 42.1 Å². The van der Waals surface area contributed by atoms with Gasteiger partial charge in [-0.15, -0.1) is 0 Å². The van der Waals surface area contributed by atoms with Crippen LogP contribution >= 0.6 is 11.6 Å². The predicted molar refractivity (Wildman–Crippen MR) is 109 cm³/mol. The fourth-order valence-corrected chi connectivity index (χ4v) is 3.13. The van der Waals surface area contributed by atoms with Gasteiger partial charge in [0, 0.05) is 0 Å². The number of aliphatic carboxylic acids is 1. The van der Waals surface area contributed by atoms with Gasteiger partial charge in [0.2, 0.25) is 0 Å². The molecule has 1 aliphatic heterocycles. The Kier molecular flexibility index (Phi) is 6.27. The van der Waals surface area contributed by atoms with Crippen molar-refractivity contribution in [3.05, 3.63) is 63.8 Å². The standard InChI is InChI=1S/C21H19ClN2O6/c1-12-3-5-13(6-4-12)10-24-20(27)16(23-21(24)28)8-14-7-15(22)19(17(9-14)29-2)30-11-18(25)26/h3-9H,10-11H2,1-2H3,(H,23,28)(H,25,26). The number of urea groups is 1.